The first-order valence-corrected chi connectivity index (χ1v) is 8.12. The summed E-state index contributed by atoms with van der Waals surface area (Å²) >= 11 is 0. The predicted octanol–water partition coefficient (Wildman–Crippen LogP) is -0.222. The Morgan fingerprint density at radius 1 is 1.29 bits per heavy atom. The number of phosphoric ester groups is 1. The van der Waals surface area contributed by atoms with E-state index in [2.05, 4.69) is 9.51 Å². The van der Waals surface area contributed by atoms with Crippen LogP contribution >= 0.6 is 7.82 Å². The number of ether oxygens (including phenoxy) is 1. The Balaban J connectivity index is 2.21. The van der Waals surface area contributed by atoms with Crippen molar-refractivity contribution in [1.82, 2.24) is 4.98 Å². The Hall–Kier alpha value is -1.88. The zero-order valence-corrected chi connectivity index (χ0v) is 12.9. The summed E-state index contributed by atoms with van der Waals surface area (Å²) in [6.45, 7) is -0.592. The molecule has 0 spiro atoms. The van der Waals surface area contributed by atoms with Gasteiger partial charge >= 0.3 is 19.8 Å². The lowest BCUT2D eigenvalue weighted by Crippen LogP contribution is -2.25. The molecule has 0 radical (unpaired) electrons. The summed E-state index contributed by atoms with van der Waals surface area (Å²) in [5.74, 6) is -2.87. The molecule has 1 aromatic rings. The average molecular weight is 363 g/mol. The summed E-state index contributed by atoms with van der Waals surface area (Å²) in [5.41, 5.74) is -0.954. The van der Waals surface area contributed by atoms with Crippen LogP contribution in [0.4, 0.5) is 0 Å². The highest BCUT2D eigenvalue weighted by molar-refractivity contribution is 7.46. The number of rotatable bonds is 6. The van der Waals surface area contributed by atoms with Crippen LogP contribution in [0.25, 0.3) is 0 Å². The number of phosphoric acid groups is 1. The number of hydrogen-bond donors (Lipinski definition) is 5. The van der Waals surface area contributed by atoms with Gasteiger partial charge in [-0.2, -0.15) is 0 Å². The van der Waals surface area contributed by atoms with Gasteiger partial charge in [-0.05, 0) is 6.07 Å². The Morgan fingerprint density at radius 3 is 2.50 bits per heavy atom. The minimum atomic E-state index is -4.74. The van der Waals surface area contributed by atoms with Crippen LogP contribution in [-0.4, -0.2) is 60.8 Å². The third-order valence-electron chi connectivity index (χ3n) is 3.33. The maximum absolute atomic E-state index is 11.3. The Morgan fingerprint density at radius 2 is 1.96 bits per heavy atom. The largest absolute Gasteiger partial charge is 0.477 e. The molecule has 5 N–H and O–H groups in total. The monoisotopic (exact) mass is 363 g/mol. The molecule has 132 valence electrons. The van der Waals surface area contributed by atoms with E-state index in [0.717, 1.165) is 6.07 Å². The van der Waals surface area contributed by atoms with E-state index in [1.807, 2.05) is 0 Å². The molecule has 0 aromatic carbocycles. The van der Waals surface area contributed by atoms with Crippen molar-refractivity contribution in [2.75, 3.05) is 6.61 Å². The molecule has 2 heterocycles. The fraction of sp³-hybridized carbons (Fsp3) is 0.417. The lowest BCUT2D eigenvalue weighted by atomic mass is 10.0. The van der Waals surface area contributed by atoms with Crippen LogP contribution in [0.5, 0.6) is 0 Å². The lowest BCUT2D eigenvalue weighted by Gasteiger charge is -2.16. The minimum absolute atomic E-state index is 0.0465. The van der Waals surface area contributed by atoms with E-state index >= 15 is 0 Å². The highest BCUT2D eigenvalue weighted by Gasteiger charge is 2.38. The summed E-state index contributed by atoms with van der Waals surface area (Å²) in [6.07, 6.45) is -3.23. The lowest BCUT2D eigenvalue weighted by molar-refractivity contribution is -0.0224. The molecule has 1 aliphatic rings. The molecular weight excluding hydrogens is 349 g/mol. The van der Waals surface area contributed by atoms with Crippen LogP contribution in [0.15, 0.2) is 12.1 Å². The molecule has 1 aliphatic heterocycles. The van der Waals surface area contributed by atoms with Gasteiger partial charge < -0.3 is 29.8 Å². The normalized spacial score (nSPS) is 24.0. The maximum atomic E-state index is 11.3. The quantitative estimate of drug-likeness (QED) is 0.421. The fourth-order valence-electron chi connectivity index (χ4n) is 2.27. The molecule has 12 heteroatoms. The average Bonchev–Trinajstić information content (AvgIpc) is 2.84. The molecule has 0 unspecified atom stereocenters. The highest BCUT2D eigenvalue weighted by atomic mass is 31.2. The number of aromatic nitrogens is 1. The summed E-state index contributed by atoms with van der Waals surface area (Å²) in [6, 6.07) is 2.31. The number of carboxylic acids is 2. The van der Waals surface area contributed by atoms with E-state index in [0.29, 0.717) is 0 Å². The zero-order valence-electron chi connectivity index (χ0n) is 12.0. The van der Waals surface area contributed by atoms with E-state index in [-0.39, 0.29) is 12.0 Å². The summed E-state index contributed by atoms with van der Waals surface area (Å²) in [5, 5.41) is 27.9. The van der Waals surface area contributed by atoms with Gasteiger partial charge in [-0.15, -0.1) is 0 Å². The Kier molecular flexibility index (Phi) is 5.33. The van der Waals surface area contributed by atoms with Gasteiger partial charge in [0.15, 0.2) is 5.69 Å². The fourth-order valence-corrected chi connectivity index (χ4v) is 2.61. The molecule has 0 aliphatic carbocycles. The molecule has 0 amide bonds. The van der Waals surface area contributed by atoms with Crippen molar-refractivity contribution in [1.29, 1.82) is 0 Å². The van der Waals surface area contributed by atoms with Crippen molar-refractivity contribution >= 4 is 19.8 Å². The number of nitrogens with zero attached hydrogens (tertiary/aromatic N) is 1. The molecule has 3 atom stereocenters. The van der Waals surface area contributed by atoms with Gasteiger partial charge in [0, 0.05) is 12.0 Å². The van der Waals surface area contributed by atoms with Gasteiger partial charge in [-0.1, -0.05) is 6.07 Å². The van der Waals surface area contributed by atoms with Gasteiger partial charge in [0.1, 0.15) is 11.8 Å². The Labute approximate surface area is 134 Å². The number of carboxylic acid groups (broad SMARTS) is 2. The van der Waals surface area contributed by atoms with Gasteiger partial charge in [0.25, 0.3) is 0 Å². The summed E-state index contributed by atoms with van der Waals surface area (Å²) in [4.78, 5) is 43.0. The van der Waals surface area contributed by atoms with Gasteiger partial charge in [0.2, 0.25) is 0 Å². The van der Waals surface area contributed by atoms with Crippen LogP contribution in [-0.2, 0) is 13.8 Å². The van der Waals surface area contributed by atoms with E-state index in [9.17, 15) is 24.4 Å². The van der Waals surface area contributed by atoms with Crippen LogP contribution < -0.4 is 0 Å². The van der Waals surface area contributed by atoms with Gasteiger partial charge in [0.05, 0.1) is 18.8 Å². The molecule has 0 saturated carbocycles. The molecule has 24 heavy (non-hydrogen) atoms. The van der Waals surface area contributed by atoms with Crippen molar-refractivity contribution < 1.29 is 48.5 Å². The van der Waals surface area contributed by atoms with Crippen molar-refractivity contribution in [3.8, 4) is 0 Å². The van der Waals surface area contributed by atoms with Crippen molar-refractivity contribution in [3.63, 3.8) is 0 Å². The van der Waals surface area contributed by atoms with Crippen LogP contribution in [0.1, 0.15) is 39.1 Å². The van der Waals surface area contributed by atoms with Crippen LogP contribution in [0.2, 0.25) is 0 Å². The second-order valence-corrected chi connectivity index (χ2v) is 6.24. The third kappa shape index (κ3) is 4.35. The standard InChI is InChI=1S/C12H14NO10P/c14-7-3-8(23-9(7)4-22-24(19,20)21)5-1-2-6(11(15)16)13-10(5)12(17)18/h1-2,7-9,14H,3-4H2,(H,15,16)(H,17,18)(H2,19,20,21)/t7-,8+,9+/m0/s1. The first-order chi connectivity index (χ1) is 11.1. The van der Waals surface area contributed by atoms with Crippen LogP contribution in [0, 0.1) is 0 Å². The number of hydrogen-bond acceptors (Lipinski definition) is 7. The second-order valence-electron chi connectivity index (χ2n) is 5.00. The number of aliphatic hydroxyl groups excluding tert-OH is 1. The second kappa shape index (κ2) is 6.93. The van der Waals surface area contributed by atoms with Gasteiger partial charge in [-0.25, -0.2) is 19.1 Å². The number of aliphatic hydroxyl groups is 1. The van der Waals surface area contributed by atoms with Crippen LogP contribution in [0.3, 0.4) is 0 Å². The smallest absolute Gasteiger partial charge is 0.469 e. The number of carbonyl (C=O) groups is 2. The maximum Gasteiger partial charge on any atom is 0.469 e. The van der Waals surface area contributed by atoms with E-state index in [4.69, 9.17) is 19.6 Å². The molecular formula is C12H14NO10P. The molecule has 1 aromatic heterocycles. The summed E-state index contributed by atoms with van der Waals surface area (Å²) < 4.78 is 20.3. The molecule has 2 rings (SSSR count). The molecule has 1 saturated heterocycles. The van der Waals surface area contributed by atoms with Crippen molar-refractivity contribution in [2.24, 2.45) is 0 Å². The van der Waals surface area contributed by atoms with E-state index in [1.54, 1.807) is 0 Å². The van der Waals surface area contributed by atoms with E-state index < -0.39 is 56.1 Å². The topological polar surface area (TPSA) is 184 Å². The predicted molar refractivity (Wildman–Crippen MR) is 74.4 cm³/mol. The third-order valence-corrected chi connectivity index (χ3v) is 3.81. The first-order valence-electron chi connectivity index (χ1n) is 6.59. The van der Waals surface area contributed by atoms with Gasteiger partial charge in [-0.3, -0.25) is 4.52 Å². The Bertz CT molecular complexity index is 701. The highest BCUT2D eigenvalue weighted by Crippen LogP contribution is 2.39. The number of aromatic carboxylic acids is 2. The zero-order chi connectivity index (χ0) is 18.1. The first kappa shape index (κ1) is 18.5. The summed E-state index contributed by atoms with van der Waals surface area (Å²) in [7, 11) is -4.74. The molecule has 11 nitrogen and oxygen atoms in total. The SMILES string of the molecule is O=C(O)c1ccc([C@H]2C[C@H](O)[C@@H](COP(=O)(O)O)O2)c(C(=O)O)n1. The van der Waals surface area contributed by atoms with Crippen molar-refractivity contribution in [2.45, 2.75) is 24.7 Å². The molecule has 1 fully saturated rings. The molecule has 0 bridgehead atoms. The number of pyridine rings is 1. The minimum Gasteiger partial charge on any atom is -0.477 e. The van der Waals surface area contributed by atoms with E-state index in [1.165, 1.54) is 6.07 Å². The van der Waals surface area contributed by atoms with Crippen molar-refractivity contribution in [3.05, 3.63) is 29.1 Å².